The first-order valence-electron chi connectivity index (χ1n) is 7.52. The number of aryl methyl sites for hydroxylation is 1. The molecule has 1 unspecified atom stereocenters. The molecular formula is C15H26N4OS. The highest BCUT2D eigenvalue weighted by Gasteiger charge is 2.19. The van der Waals surface area contributed by atoms with Crippen LogP contribution in [0.1, 0.15) is 50.4 Å². The smallest absolute Gasteiger partial charge is 0.159 e. The quantitative estimate of drug-likeness (QED) is 0.683. The zero-order valence-electron chi connectivity index (χ0n) is 13.4. The second-order valence-corrected chi connectivity index (χ2v) is 5.45. The van der Waals surface area contributed by atoms with E-state index in [1.165, 1.54) is 0 Å². The Bertz CT molecular complexity index is 473. The van der Waals surface area contributed by atoms with Gasteiger partial charge < -0.3 is 15.8 Å². The molecule has 6 heteroatoms. The predicted octanol–water partition coefficient (Wildman–Crippen LogP) is 2.46. The summed E-state index contributed by atoms with van der Waals surface area (Å²) in [4.78, 5) is 0.367. The number of hydrogen-bond donors (Lipinski definition) is 2. The van der Waals surface area contributed by atoms with Crippen molar-refractivity contribution in [1.29, 1.82) is 0 Å². The molecule has 0 bridgehead atoms. The van der Waals surface area contributed by atoms with Crippen molar-refractivity contribution in [2.24, 2.45) is 5.73 Å². The molecule has 0 saturated heterocycles. The first-order valence-corrected chi connectivity index (χ1v) is 7.93. The molecule has 0 aliphatic heterocycles. The largest absolute Gasteiger partial charge is 0.389 e. The van der Waals surface area contributed by atoms with Gasteiger partial charge in [-0.25, -0.2) is 0 Å². The average Bonchev–Trinajstić information content (AvgIpc) is 2.46. The topological polar surface area (TPSA) is 73.1 Å². The van der Waals surface area contributed by atoms with Gasteiger partial charge in [-0.3, -0.25) is 0 Å². The molecule has 0 aliphatic rings. The molecule has 0 radical (unpaired) electrons. The maximum absolute atomic E-state index is 5.93. The second kappa shape index (κ2) is 8.89. The fourth-order valence-electron chi connectivity index (χ4n) is 2.48. The Morgan fingerprint density at radius 1 is 1.29 bits per heavy atom. The van der Waals surface area contributed by atoms with Crippen LogP contribution in [-0.4, -0.2) is 34.9 Å². The van der Waals surface area contributed by atoms with Crippen molar-refractivity contribution in [3.63, 3.8) is 0 Å². The standard InChI is InChI=1S/C15H26N4OS/c1-5-8-10(9-20-4)17-15-13(14(16)21)11(6-2)12(7-3)18-19-15/h10H,5-9H2,1-4H3,(H2,16,21)(H,17,19). The number of ether oxygens (including phenoxy) is 1. The summed E-state index contributed by atoms with van der Waals surface area (Å²) in [5.41, 5.74) is 8.82. The molecule has 1 atom stereocenters. The van der Waals surface area contributed by atoms with Crippen LogP contribution in [0.25, 0.3) is 0 Å². The molecule has 1 rings (SSSR count). The molecule has 1 heterocycles. The number of aromatic nitrogens is 2. The highest BCUT2D eigenvalue weighted by Crippen LogP contribution is 2.22. The number of nitrogens with one attached hydrogen (secondary N) is 1. The summed E-state index contributed by atoms with van der Waals surface area (Å²) in [7, 11) is 1.70. The minimum absolute atomic E-state index is 0.180. The molecule has 0 aromatic carbocycles. The van der Waals surface area contributed by atoms with Crippen molar-refractivity contribution in [3.8, 4) is 0 Å². The third kappa shape index (κ3) is 4.61. The molecule has 1 aromatic rings. The first kappa shape index (κ1) is 17.8. The van der Waals surface area contributed by atoms with E-state index in [2.05, 4.69) is 36.3 Å². The Morgan fingerprint density at radius 2 is 2.00 bits per heavy atom. The minimum atomic E-state index is 0.180. The summed E-state index contributed by atoms with van der Waals surface area (Å²) in [5.74, 6) is 0.673. The number of thiocarbonyl (C=S) groups is 1. The summed E-state index contributed by atoms with van der Waals surface area (Å²) < 4.78 is 5.26. The molecule has 0 aliphatic carbocycles. The van der Waals surface area contributed by atoms with Gasteiger partial charge in [0, 0.05) is 7.11 Å². The van der Waals surface area contributed by atoms with Crippen molar-refractivity contribution in [2.75, 3.05) is 19.0 Å². The van der Waals surface area contributed by atoms with E-state index in [-0.39, 0.29) is 6.04 Å². The number of rotatable bonds is 9. The Labute approximate surface area is 132 Å². The molecule has 0 fully saturated rings. The molecule has 0 spiro atoms. The van der Waals surface area contributed by atoms with Crippen molar-refractivity contribution < 1.29 is 4.74 Å². The van der Waals surface area contributed by atoms with Gasteiger partial charge in [0.25, 0.3) is 0 Å². The van der Waals surface area contributed by atoms with Crippen LogP contribution in [0.3, 0.4) is 0 Å². The number of nitrogens with zero attached hydrogens (tertiary/aromatic N) is 2. The summed E-state index contributed by atoms with van der Waals surface area (Å²) in [6.07, 6.45) is 3.71. The zero-order valence-corrected chi connectivity index (χ0v) is 14.2. The Balaban J connectivity index is 3.19. The van der Waals surface area contributed by atoms with Crippen LogP contribution < -0.4 is 11.1 Å². The maximum atomic E-state index is 5.93. The van der Waals surface area contributed by atoms with Gasteiger partial charge in [-0.2, -0.15) is 5.10 Å². The van der Waals surface area contributed by atoms with Crippen LogP contribution in [0, 0.1) is 0 Å². The van der Waals surface area contributed by atoms with Gasteiger partial charge in [0.1, 0.15) is 4.99 Å². The Kier molecular flexibility index (Phi) is 7.53. The lowest BCUT2D eigenvalue weighted by Gasteiger charge is -2.21. The van der Waals surface area contributed by atoms with Crippen LogP contribution in [0.2, 0.25) is 0 Å². The third-order valence-corrected chi connectivity index (χ3v) is 3.64. The van der Waals surface area contributed by atoms with E-state index in [9.17, 15) is 0 Å². The van der Waals surface area contributed by atoms with E-state index in [0.29, 0.717) is 17.4 Å². The number of anilines is 1. The van der Waals surface area contributed by atoms with E-state index >= 15 is 0 Å². The lowest BCUT2D eigenvalue weighted by Crippen LogP contribution is -2.28. The molecule has 0 saturated carbocycles. The van der Waals surface area contributed by atoms with Gasteiger partial charge in [-0.15, -0.1) is 5.10 Å². The summed E-state index contributed by atoms with van der Waals surface area (Å²) in [6, 6.07) is 0.180. The molecular weight excluding hydrogens is 284 g/mol. The molecule has 5 nitrogen and oxygen atoms in total. The van der Waals surface area contributed by atoms with Crippen molar-refractivity contribution in [3.05, 3.63) is 16.8 Å². The lowest BCUT2D eigenvalue weighted by molar-refractivity contribution is 0.182. The van der Waals surface area contributed by atoms with Gasteiger partial charge >= 0.3 is 0 Å². The Morgan fingerprint density at radius 3 is 2.48 bits per heavy atom. The molecule has 21 heavy (non-hydrogen) atoms. The number of nitrogens with two attached hydrogens (primary N) is 1. The maximum Gasteiger partial charge on any atom is 0.159 e. The van der Waals surface area contributed by atoms with Gasteiger partial charge in [0.15, 0.2) is 5.82 Å². The third-order valence-electron chi connectivity index (χ3n) is 3.44. The van der Waals surface area contributed by atoms with E-state index < -0.39 is 0 Å². The highest BCUT2D eigenvalue weighted by atomic mass is 32.1. The van der Waals surface area contributed by atoms with Crippen LogP contribution in [-0.2, 0) is 17.6 Å². The SMILES string of the molecule is CCCC(COC)Nc1nnc(CC)c(CC)c1C(N)=S. The monoisotopic (exact) mass is 310 g/mol. The summed E-state index contributed by atoms with van der Waals surface area (Å²) in [5, 5.41) is 12.0. The summed E-state index contributed by atoms with van der Waals surface area (Å²) in [6.45, 7) is 6.90. The lowest BCUT2D eigenvalue weighted by atomic mass is 10.0. The van der Waals surface area contributed by atoms with Crippen molar-refractivity contribution in [2.45, 2.75) is 52.5 Å². The van der Waals surface area contributed by atoms with Crippen molar-refractivity contribution in [1.82, 2.24) is 10.2 Å². The van der Waals surface area contributed by atoms with E-state index in [1.807, 2.05) is 0 Å². The Hall–Kier alpha value is -1.27. The second-order valence-electron chi connectivity index (χ2n) is 5.01. The van der Waals surface area contributed by atoms with E-state index in [0.717, 1.165) is 42.5 Å². The molecule has 3 N–H and O–H groups in total. The first-order chi connectivity index (χ1) is 10.1. The number of methoxy groups -OCH3 is 1. The fourth-order valence-corrected chi connectivity index (χ4v) is 2.70. The normalized spacial score (nSPS) is 12.2. The molecule has 0 amide bonds. The number of hydrogen-bond acceptors (Lipinski definition) is 5. The van der Waals surface area contributed by atoms with Gasteiger partial charge in [-0.1, -0.05) is 39.4 Å². The van der Waals surface area contributed by atoms with Crippen LogP contribution in [0.15, 0.2) is 0 Å². The molecule has 1 aromatic heterocycles. The highest BCUT2D eigenvalue weighted by molar-refractivity contribution is 7.80. The van der Waals surface area contributed by atoms with Gasteiger partial charge in [0.05, 0.1) is 23.9 Å². The molecule has 118 valence electrons. The van der Waals surface area contributed by atoms with E-state index in [1.54, 1.807) is 7.11 Å². The van der Waals surface area contributed by atoms with E-state index in [4.69, 9.17) is 22.7 Å². The zero-order chi connectivity index (χ0) is 15.8. The van der Waals surface area contributed by atoms with Gasteiger partial charge in [-0.05, 0) is 24.8 Å². The van der Waals surface area contributed by atoms with Gasteiger partial charge in [0.2, 0.25) is 0 Å². The summed E-state index contributed by atoms with van der Waals surface area (Å²) >= 11 is 5.23. The van der Waals surface area contributed by atoms with Crippen LogP contribution in [0.5, 0.6) is 0 Å². The predicted molar refractivity (Wildman–Crippen MR) is 90.9 cm³/mol. The van der Waals surface area contributed by atoms with Crippen molar-refractivity contribution >= 4 is 23.0 Å². The van der Waals surface area contributed by atoms with Crippen LogP contribution in [0.4, 0.5) is 5.82 Å². The van der Waals surface area contributed by atoms with Crippen LogP contribution >= 0.6 is 12.2 Å². The fraction of sp³-hybridized carbons (Fsp3) is 0.667. The average molecular weight is 310 g/mol. The minimum Gasteiger partial charge on any atom is -0.389 e.